The van der Waals surface area contributed by atoms with Crippen molar-refractivity contribution in [3.8, 4) is 0 Å². The van der Waals surface area contributed by atoms with Gasteiger partial charge in [0, 0.05) is 0 Å². The highest BCUT2D eigenvalue weighted by Crippen LogP contribution is 2.30. The zero-order chi connectivity index (χ0) is 13.1. The first-order valence-corrected chi connectivity index (χ1v) is 6.06. The minimum Gasteiger partial charge on any atom is -0.151 e. The molecule has 0 aliphatic rings. The molecule has 0 aliphatic heterocycles. The van der Waals surface area contributed by atoms with Gasteiger partial charge in [0.25, 0.3) is 0 Å². The molecule has 0 bridgehead atoms. The Morgan fingerprint density at radius 2 is 1.33 bits per heavy atom. The molecule has 0 saturated heterocycles. The standard InChI is InChI=1S/C16H17N2/c1-11-10-12(2)14(4)16(13(11)3)18-17-15-8-6-5-7-9-15/h5-9H,1-4H3. The zero-order valence-corrected chi connectivity index (χ0v) is 11.3. The van der Waals surface area contributed by atoms with Crippen molar-refractivity contribution in [2.45, 2.75) is 27.7 Å². The van der Waals surface area contributed by atoms with Crippen molar-refractivity contribution in [1.82, 2.24) is 0 Å². The molecule has 2 aromatic rings. The van der Waals surface area contributed by atoms with Crippen molar-refractivity contribution in [2.75, 3.05) is 0 Å². The monoisotopic (exact) mass is 237 g/mol. The lowest BCUT2D eigenvalue weighted by molar-refractivity contribution is 1.15. The Hall–Kier alpha value is -1.96. The Morgan fingerprint density at radius 3 is 1.89 bits per heavy atom. The van der Waals surface area contributed by atoms with Crippen LogP contribution in [0.4, 0.5) is 11.4 Å². The van der Waals surface area contributed by atoms with Gasteiger partial charge in [-0.1, -0.05) is 18.2 Å². The summed E-state index contributed by atoms with van der Waals surface area (Å²) in [6, 6.07) is 13.1. The van der Waals surface area contributed by atoms with Crippen LogP contribution in [-0.2, 0) is 0 Å². The third-order valence-electron chi connectivity index (χ3n) is 3.23. The molecule has 0 N–H and O–H groups in total. The summed E-state index contributed by atoms with van der Waals surface area (Å²) >= 11 is 0. The van der Waals surface area contributed by atoms with E-state index in [-0.39, 0.29) is 0 Å². The largest absolute Gasteiger partial charge is 0.151 e. The fourth-order valence-corrected chi connectivity index (χ4v) is 1.86. The molecule has 2 nitrogen and oxygen atoms in total. The van der Waals surface area contributed by atoms with Crippen LogP contribution < -0.4 is 0 Å². The van der Waals surface area contributed by atoms with E-state index >= 15 is 0 Å². The Balaban J connectivity index is 2.44. The second kappa shape index (κ2) is 5.13. The molecule has 0 saturated carbocycles. The smallest absolute Gasteiger partial charge is 0.0921 e. The summed E-state index contributed by atoms with van der Waals surface area (Å²) in [6.45, 7) is 8.25. The normalized spacial score (nSPS) is 11.1. The third kappa shape index (κ3) is 2.48. The Kier molecular flexibility index (Phi) is 3.56. The molecule has 0 aromatic heterocycles. The van der Waals surface area contributed by atoms with Gasteiger partial charge in [-0.25, -0.2) is 0 Å². The molecule has 0 spiro atoms. The van der Waals surface area contributed by atoms with Crippen molar-refractivity contribution in [3.63, 3.8) is 0 Å². The van der Waals surface area contributed by atoms with Gasteiger partial charge in [0.15, 0.2) is 0 Å². The first-order chi connectivity index (χ1) is 8.59. The molecule has 0 atom stereocenters. The van der Waals surface area contributed by atoms with Crippen LogP contribution in [0.2, 0.25) is 0 Å². The van der Waals surface area contributed by atoms with E-state index < -0.39 is 0 Å². The van der Waals surface area contributed by atoms with Gasteiger partial charge in [-0.3, -0.25) is 0 Å². The Morgan fingerprint density at radius 1 is 0.778 bits per heavy atom. The summed E-state index contributed by atoms with van der Waals surface area (Å²) in [5.41, 5.74) is 6.42. The van der Waals surface area contributed by atoms with Crippen LogP contribution in [0.3, 0.4) is 0 Å². The number of azo groups is 1. The van der Waals surface area contributed by atoms with E-state index in [0.717, 1.165) is 33.6 Å². The van der Waals surface area contributed by atoms with Crippen molar-refractivity contribution in [1.29, 1.82) is 0 Å². The molecule has 2 aromatic carbocycles. The molecular weight excluding hydrogens is 220 g/mol. The number of benzene rings is 2. The predicted octanol–water partition coefficient (Wildman–Crippen LogP) is 5.14. The van der Waals surface area contributed by atoms with Gasteiger partial charge in [0.05, 0.1) is 11.4 Å². The zero-order valence-electron chi connectivity index (χ0n) is 11.3. The molecule has 91 valence electrons. The van der Waals surface area contributed by atoms with Gasteiger partial charge in [-0.2, -0.15) is 5.11 Å². The number of hydrogen-bond donors (Lipinski definition) is 0. The van der Waals surface area contributed by atoms with Gasteiger partial charge in [0.1, 0.15) is 0 Å². The fraction of sp³-hybridized carbons (Fsp3) is 0.250. The van der Waals surface area contributed by atoms with Gasteiger partial charge < -0.3 is 0 Å². The molecule has 0 fully saturated rings. The van der Waals surface area contributed by atoms with E-state index in [1.165, 1.54) is 0 Å². The van der Waals surface area contributed by atoms with Crippen molar-refractivity contribution in [3.05, 3.63) is 58.7 Å². The SMILES string of the molecule is Cc1[c]c(C)c(C)c(N=Nc2ccccc2)c1C. The summed E-state index contributed by atoms with van der Waals surface area (Å²) in [4.78, 5) is 0. The van der Waals surface area contributed by atoms with Crippen LogP contribution in [0.5, 0.6) is 0 Å². The lowest BCUT2D eigenvalue weighted by Crippen LogP contribution is -1.90. The minimum atomic E-state index is 0.874. The van der Waals surface area contributed by atoms with E-state index in [1.54, 1.807) is 0 Å². The molecule has 1 radical (unpaired) electrons. The van der Waals surface area contributed by atoms with Crippen molar-refractivity contribution < 1.29 is 0 Å². The van der Waals surface area contributed by atoms with Crippen LogP contribution in [0, 0.1) is 33.8 Å². The van der Waals surface area contributed by atoms with E-state index in [1.807, 2.05) is 30.3 Å². The summed E-state index contributed by atoms with van der Waals surface area (Å²) in [5, 5.41) is 8.69. The molecule has 0 unspecified atom stereocenters. The second-order valence-electron chi connectivity index (χ2n) is 4.51. The lowest BCUT2D eigenvalue weighted by Gasteiger charge is -2.09. The van der Waals surface area contributed by atoms with Crippen molar-refractivity contribution in [2.24, 2.45) is 10.2 Å². The van der Waals surface area contributed by atoms with Gasteiger partial charge in [0.2, 0.25) is 0 Å². The van der Waals surface area contributed by atoms with Gasteiger partial charge in [-0.05, 0) is 68.1 Å². The van der Waals surface area contributed by atoms with E-state index in [4.69, 9.17) is 0 Å². The molecule has 2 heteroatoms. The third-order valence-corrected chi connectivity index (χ3v) is 3.23. The Bertz CT molecular complexity index is 558. The van der Waals surface area contributed by atoms with E-state index in [2.05, 4.69) is 44.0 Å². The van der Waals surface area contributed by atoms with Crippen LogP contribution in [-0.4, -0.2) is 0 Å². The predicted molar refractivity (Wildman–Crippen MR) is 74.8 cm³/mol. The fourth-order valence-electron chi connectivity index (χ4n) is 1.86. The maximum Gasteiger partial charge on any atom is 0.0921 e. The maximum atomic E-state index is 4.40. The summed E-state index contributed by atoms with van der Waals surface area (Å²) in [5.74, 6) is 0. The highest BCUT2D eigenvalue weighted by Gasteiger charge is 2.07. The molecular formula is C16H17N2. The average molecular weight is 237 g/mol. The summed E-state index contributed by atoms with van der Waals surface area (Å²) < 4.78 is 0. The number of nitrogens with zero attached hydrogens (tertiary/aromatic N) is 2. The number of hydrogen-bond acceptors (Lipinski definition) is 2. The van der Waals surface area contributed by atoms with Crippen LogP contribution in [0.25, 0.3) is 0 Å². The topological polar surface area (TPSA) is 24.7 Å². The van der Waals surface area contributed by atoms with E-state index in [9.17, 15) is 0 Å². The number of aryl methyl sites for hydroxylation is 2. The van der Waals surface area contributed by atoms with Gasteiger partial charge >= 0.3 is 0 Å². The summed E-state index contributed by atoms with van der Waals surface area (Å²) in [7, 11) is 0. The molecule has 0 aliphatic carbocycles. The number of rotatable bonds is 2. The van der Waals surface area contributed by atoms with Crippen LogP contribution >= 0.6 is 0 Å². The quantitative estimate of drug-likeness (QED) is 0.646. The minimum absolute atomic E-state index is 0.874. The van der Waals surface area contributed by atoms with Crippen molar-refractivity contribution >= 4 is 11.4 Å². The van der Waals surface area contributed by atoms with E-state index in [0.29, 0.717) is 0 Å². The average Bonchev–Trinajstić information content (AvgIpc) is 2.38. The van der Waals surface area contributed by atoms with Gasteiger partial charge in [-0.15, -0.1) is 5.11 Å². The van der Waals surface area contributed by atoms with Crippen LogP contribution in [0.15, 0.2) is 40.6 Å². The highest BCUT2D eigenvalue weighted by atomic mass is 15.1. The first kappa shape index (κ1) is 12.5. The van der Waals surface area contributed by atoms with Crippen LogP contribution in [0.1, 0.15) is 22.3 Å². The molecule has 0 amide bonds. The first-order valence-electron chi connectivity index (χ1n) is 6.06. The summed E-state index contributed by atoms with van der Waals surface area (Å²) in [6.07, 6.45) is 0. The highest BCUT2D eigenvalue weighted by molar-refractivity contribution is 5.57. The molecule has 0 heterocycles. The maximum absolute atomic E-state index is 4.40. The lowest BCUT2D eigenvalue weighted by atomic mass is 9.99. The Labute approximate surface area is 108 Å². The second-order valence-corrected chi connectivity index (χ2v) is 4.51. The molecule has 18 heavy (non-hydrogen) atoms. The molecule has 2 rings (SSSR count).